The van der Waals surface area contributed by atoms with Crippen molar-refractivity contribution in [3.05, 3.63) is 53.6 Å². The Balaban J connectivity index is 1.93. The van der Waals surface area contributed by atoms with Gasteiger partial charge in [0.1, 0.15) is 17.6 Å². The van der Waals surface area contributed by atoms with Gasteiger partial charge in [-0.2, -0.15) is 0 Å². The van der Waals surface area contributed by atoms with Crippen molar-refractivity contribution in [3.8, 4) is 0 Å². The van der Waals surface area contributed by atoms with E-state index < -0.39 is 10.0 Å². The fourth-order valence-electron chi connectivity index (χ4n) is 2.25. The Morgan fingerprint density at radius 1 is 1.17 bits per heavy atom. The molecule has 0 aliphatic heterocycles. The molecule has 1 aromatic heterocycles. The van der Waals surface area contributed by atoms with Crippen LogP contribution in [0, 0.1) is 6.92 Å². The molecule has 0 unspecified atom stereocenters. The summed E-state index contributed by atoms with van der Waals surface area (Å²) in [6.07, 6.45) is 0. The third-order valence-electron chi connectivity index (χ3n) is 3.77. The number of aromatic nitrogens is 3. The smallest absolute Gasteiger partial charge is 0.242 e. The van der Waals surface area contributed by atoms with Gasteiger partial charge in [-0.15, -0.1) is 5.10 Å². The van der Waals surface area contributed by atoms with Crippen molar-refractivity contribution < 1.29 is 13.3 Å². The molecule has 24 heavy (non-hydrogen) atoms. The summed E-state index contributed by atoms with van der Waals surface area (Å²) in [6.45, 7) is 2.32. The zero-order valence-electron chi connectivity index (χ0n) is 13.7. The molecule has 0 aliphatic carbocycles. The molecule has 0 amide bonds. The molecule has 1 heterocycles. The topological polar surface area (TPSA) is 77.3 Å². The highest BCUT2D eigenvalue weighted by Gasteiger charge is 2.19. The fraction of sp³-hybridized carbons (Fsp3) is 0.250. The highest BCUT2D eigenvalue weighted by Crippen LogP contribution is 2.19. The predicted octanol–water partition coefficient (Wildman–Crippen LogP) is 1.62. The van der Waals surface area contributed by atoms with Gasteiger partial charge in [0.15, 0.2) is 0 Å². The van der Waals surface area contributed by atoms with E-state index in [1.165, 1.54) is 31.1 Å². The van der Waals surface area contributed by atoms with Crippen LogP contribution in [0.15, 0.2) is 47.4 Å². The molecule has 0 aliphatic rings. The molecule has 2 aromatic carbocycles. The lowest BCUT2D eigenvalue weighted by Crippen LogP contribution is -2.22. The molecule has 0 atom stereocenters. The first-order chi connectivity index (χ1) is 11.4. The molecule has 0 fully saturated rings. The molecule has 3 aromatic rings. The third-order valence-corrected chi connectivity index (χ3v) is 5.58. The molecule has 0 spiro atoms. The van der Waals surface area contributed by atoms with Crippen LogP contribution < -0.4 is 4.84 Å². The van der Waals surface area contributed by atoms with Crippen LogP contribution in [-0.4, -0.2) is 42.0 Å². The lowest BCUT2D eigenvalue weighted by molar-refractivity contribution is 0.0748. The fourth-order valence-corrected chi connectivity index (χ4v) is 3.17. The predicted molar refractivity (Wildman–Crippen MR) is 89.9 cm³/mol. The van der Waals surface area contributed by atoms with Gasteiger partial charge in [0.05, 0.1) is 4.90 Å². The number of benzene rings is 2. The van der Waals surface area contributed by atoms with Crippen LogP contribution in [0.4, 0.5) is 0 Å². The summed E-state index contributed by atoms with van der Waals surface area (Å²) in [5.41, 5.74) is 3.21. The largest absolute Gasteiger partial charge is 0.390 e. The maximum absolute atomic E-state index is 12.3. The second kappa shape index (κ2) is 6.21. The minimum atomic E-state index is -3.53. The number of hydrogen-bond donors (Lipinski definition) is 0. The normalized spacial score (nSPS) is 12.0. The second-order valence-corrected chi connectivity index (χ2v) is 7.75. The van der Waals surface area contributed by atoms with Crippen molar-refractivity contribution in [2.75, 3.05) is 14.1 Å². The zero-order valence-corrected chi connectivity index (χ0v) is 14.5. The van der Waals surface area contributed by atoms with Crippen molar-refractivity contribution in [1.82, 2.24) is 19.5 Å². The summed E-state index contributed by atoms with van der Waals surface area (Å²) >= 11 is 0. The highest BCUT2D eigenvalue weighted by atomic mass is 32.2. The minimum Gasteiger partial charge on any atom is -0.390 e. The first kappa shape index (κ1) is 16.4. The van der Waals surface area contributed by atoms with E-state index in [1.807, 2.05) is 31.2 Å². The molecule has 0 saturated carbocycles. The van der Waals surface area contributed by atoms with Gasteiger partial charge in [-0.25, -0.2) is 12.7 Å². The Kier molecular flexibility index (Phi) is 4.25. The van der Waals surface area contributed by atoms with Crippen molar-refractivity contribution in [3.63, 3.8) is 0 Å². The van der Waals surface area contributed by atoms with Crippen LogP contribution in [0.25, 0.3) is 11.0 Å². The molecule has 0 N–H and O–H groups in total. The van der Waals surface area contributed by atoms with Crippen molar-refractivity contribution >= 4 is 21.1 Å². The number of hydrogen-bond acceptors (Lipinski definition) is 5. The van der Waals surface area contributed by atoms with E-state index >= 15 is 0 Å². The third kappa shape index (κ3) is 2.98. The first-order valence-electron chi connectivity index (χ1n) is 7.35. The van der Waals surface area contributed by atoms with Gasteiger partial charge in [-0.3, -0.25) is 0 Å². The van der Waals surface area contributed by atoms with Gasteiger partial charge in [0.25, 0.3) is 0 Å². The maximum Gasteiger partial charge on any atom is 0.242 e. The van der Waals surface area contributed by atoms with Crippen LogP contribution >= 0.6 is 0 Å². The second-order valence-electron chi connectivity index (χ2n) is 5.60. The highest BCUT2D eigenvalue weighted by molar-refractivity contribution is 7.89. The summed E-state index contributed by atoms with van der Waals surface area (Å²) in [5.74, 6) is 0. The van der Waals surface area contributed by atoms with Crippen molar-refractivity contribution in [2.24, 2.45) is 0 Å². The van der Waals surface area contributed by atoms with Crippen molar-refractivity contribution in [2.45, 2.75) is 18.4 Å². The van der Waals surface area contributed by atoms with Gasteiger partial charge < -0.3 is 4.84 Å². The lowest BCUT2D eigenvalue weighted by Gasteiger charge is -2.11. The Morgan fingerprint density at radius 3 is 2.62 bits per heavy atom. The standard InChI is InChI=1S/C16H18N4O3S/c1-12-6-4-5-7-13(12)11-23-20-16-10-14(24(21,22)19(2)3)8-9-15(16)17-18-20/h4-10H,11H2,1-3H3. The Bertz CT molecular complexity index is 980. The van der Waals surface area contributed by atoms with Crippen LogP contribution in [0.5, 0.6) is 0 Å². The Labute approximate surface area is 140 Å². The molecule has 7 nitrogen and oxygen atoms in total. The van der Waals surface area contributed by atoms with Crippen LogP contribution in [-0.2, 0) is 16.6 Å². The minimum absolute atomic E-state index is 0.169. The van der Waals surface area contributed by atoms with E-state index in [-0.39, 0.29) is 4.90 Å². The number of nitrogens with zero attached hydrogens (tertiary/aromatic N) is 4. The van der Waals surface area contributed by atoms with E-state index in [2.05, 4.69) is 10.3 Å². The summed E-state index contributed by atoms with van der Waals surface area (Å²) in [5, 5.41) is 7.95. The molecule has 126 valence electrons. The molecule has 0 saturated heterocycles. The van der Waals surface area contributed by atoms with Gasteiger partial charge in [0, 0.05) is 14.1 Å². The molecular formula is C16H18N4O3S. The average Bonchev–Trinajstić information content (AvgIpc) is 2.96. The number of sulfonamides is 1. The van der Waals surface area contributed by atoms with Crippen molar-refractivity contribution in [1.29, 1.82) is 0 Å². The van der Waals surface area contributed by atoms with E-state index in [1.54, 1.807) is 6.07 Å². The maximum atomic E-state index is 12.3. The molecule has 0 bridgehead atoms. The summed E-state index contributed by atoms with van der Waals surface area (Å²) in [4.78, 5) is 7.12. The SMILES string of the molecule is Cc1ccccc1COn1nnc2ccc(S(=O)(=O)N(C)C)cc21. The van der Waals surface area contributed by atoms with Gasteiger partial charge in [-0.05, 0) is 41.5 Å². The Morgan fingerprint density at radius 2 is 1.92 bits per heavy atom. The summed E-state index contributed by atoms with van der Waals surface area (Å²) in [7, 11) is -0.548. The molecule has 8 heteroatoms. The summed E-state index contributed by atoms with van der Waals surface area (Å²) < 4.78 is 25.7. The number of aryl methyl sites for hydroxylation is 1. The molecule has 0 radical (unpaired) electrons. The van der Waals surface area contributed by atoms with E-state index in [0.717, 1.165) is 15.4 Å². The van der Waals surface area contributed by atoms with Crippen LogP contribution in [0.1, 0.15) is 11.1 Å². The lowest BCUT2D eigenvalue weighted by atomic mass is 10.1. The first-order valence-corrected chi connectivity index (χ1v) is 8.79. The summed E-state index contributed by atoms with van der Waals surface area (Å²) in [6, 6.07) is 12.5. The zero-order chi connectivity index (χ0) is 17.3. The molecular weight excluding hydrogens is 328 g/mol. The van der Waals surface area contributed by atoms with E-state index in [9.17, 15) is 8.42 Å². The Hall–Kier alpha value is -2.45. The quantitative estimate of drug-likeness (QED) is 0.701. The van der Waals surface area contributed by atoms with E-state index in [4.69, 9.17) is 4.84 Å². The monoisotopic (exact) mass is 346 g/mol. The number of rotatable bonds is 5. The average molecular weight is 346 g/mol. The van der Waals surface area contributed by atoms with Crippen LogP contribution in [0.3, 0.4) is 0 Å². The van der Waals surface area contributed by atoms with Crippen LogP contribution in [0.2, 0.25) is 0 Å². The molecule has 3 rings (SSSR count). The van der Waals surface area contributed by atoms with Gasteiger partial charge in [-0.1, -0.05) is 29.1 Å². The van der Waals surface area contributed by atoms with E-state index in [0.29, 0.717) is 17.6 Å². The van der Waals surface area contributed by atoms with Gasteiger partial charge >= 0.3 is 0 Å². The number of fused-ring (bicyclic) bond motifs is 1. The van der Waals surface area contributed by atoms with Gasteiger partial charge in [0.2, 0.25) is 10.0 Å².